The van der Waals surface area contributed by atoms with E-state index in [1.54, 1.807) is 7.05 Å². The predicted molar refractivity (Wildman–Crippen MR) is 120 cm³/mol. The summed E-state index contributed by atoms with van der Waals surface area (Å²) < 4.78 is 5.42. The van der Waals surface area contributed by atoms with Crippen molar-refractivity contribution in [3.63, 3.8) is 0 Å². The maximum atomic E-state index is 5.42. The summed E-state index contributed by atoms with van der Waals surface area (Å²) in [7, 11) is 1.76. The van der Waals surface area contributed by atoms with Gasteiger partial charge >= 0.3 is 0 Å². The molecule has 2 N–H and O–H groups in total. The Bertz CT molecular complexity index is 834. The smallest absolute Gasteiger partial charge is 0.191 e. The summed E-state index contributed by atoms with van der Waals surface area (Å²) in [4.78, 5) is 4.27. The third-order valence-electron chi connectivity index (χ3n) is 4.22. The third-order valence-corrected chi connectivity index (χ3v) is 4.22. The van der Waals surface area contributed by atoms with Crippen molar-refractivity contribution in [2.45, 2.75) is 19.4 Å². The van der Waals surface area contributed by atoms with Gasteiger partial charge in [0.2, 0.25) is 0 Å². The van der Waals surface area contributed by atoms with Gasteiger partial charge in [-0.05, 0) is 11.5 Å². The Labute approximate surface area is 177 Å². The molecule has 0 fully saturated rings. The number of nitrogens with one attached hydrogen (secondary N) is 2. The van der Waals surface area contributed by atoms with Gasteiger partial charge in [-0.25, -0.2) is 0 Å². The van der Waals surface area contributed by atoms with Crippen LogP contribution in [0.15, 0.2) is 76.2 Å². The summed E-state index contributed by atoms with van der Waals surface area (Å²) in [6.07, 6.45) is 0. The van der Waals surface area contributed by atoms with Crippen LogP contribution in [-0.4, -0.2) is 24.7 Å². The highest BCUT2D eigenvalue weighted by Gasteiger charge is 2.09. The van der Waals surface area contributed by atoms with Crippen LogP contribution in [0.3, 0.4) is 0 Å². The lowest BCUT2D eigenvalue weighted by atomic mass is 10.0. The van der Waals surface area contributed by atoms with Gasteiger partial charge in [0.05, 0.1) is 6.54 Å². The van der Waals surface area contributed by atoms with E-state index in [1.165, 1.54) is 5.56 Å². The van der Waals surface area contributed by atoms with E-state index in [0.717, 1.165) is 29.5 Å². The zero-order valence-corrected chi connectivity index (χ0v) is 17.9. The number of guanidine groups is 1. The van der Waals surface area contributed by atoms with Crippen molar-refractivity contribution in [3.05, 3.63) is 78.0 Å². The molecule has 1 aromatic heterocycles. The molecule has 0 spiro atoms. The van der Waals surface area contributed by atoms with Gasteiger partial charge in [-0.3, -0.25) is 4.99 Å². The van der Waals surface area contributed by atoms with Crippen LogP contribution in [0.2, 0.25) is 0 Å². The van der Waals surface area contributed by atoms with Gasteiger partial charge < -0.3 is 15.2 Å². The molecule has 27 heavy (non-hydrogen) atoms. The maximum absolute atomic E-state index is 5.42. The molecule has 1 atom stereocenters. The van der Waals surface area contributed by atoms with Gasteiger partial charge in [0.15, 0.2) is 11.7 Å². The fourth-order valence-electron chi connectivity index (χ4n) is 2.68. The lowest BCUT2D eigenvalue weighted by Crippen LogP contribution is -2.38. The normalized spacial score (nSPS) is 12.1. The molecule has 0 saturated carbocycles. The van der Waals surface area contributed by atoms with E-state index in [9.17, 15) is 0 Å². The van der Waals surface area contributed by atoms with Crippen molar-refractivity contribution in [2.75, 3.05) is 13.6 Å². The Hall–Kier alpha value is -2.35. The molecule has 0 aliphatic carbocycles. The molecule has 5 nitrogen and oxygen atoms in total. The third kappa shape index (κ3) is 6.09. The van der Waals surface area contributed by atoms with Crippen LogP contribution in [0.4, 0.5) is 0 Å². The molecule has 1 unspecified atom stereocenters. The summed E-state index contributed by atoms with van der Waals surface area (Å²) >= 11 is 0. The van der Waals surface area contributed by atoms with Gasteiger partial charge in [0.25, 0.3) is 0 Å². The maximum Gasteiger partial charge on any atom is 0.191 e. The highest BCUT2D eigenvalue weighted by molar-refractivity contribution is 14.0. The largest absolute Gasteiger partial charge is 0.356 e. The van der Waals surface area contributed by atoms with Crippen LogP contribution in [0.1, 0.15) is 24.1 Å². The van der Waals surface area contributed by atoms with E-state index in [4.69, 9.17) is 4.52 Å². The van der Waals surface area contributed by atoms with Crippen LogP contribution in [0.25, 0.3) is 11.3 Å². The van der Waals surface area contributed by atoms with Crippen LogP contribution in [-0.2, 0) is 6.54 Å². The second-order valence-corrected chi connectivity index (χ2v) is 6.17. The quantitative estimate of drug-likeness (QED) is 0.314. The summed E-state index contributed by atoms with van der Waals surface area (Å²) in [5, 5.41) is 10.8. The molecule has 1 heterocycles. The predicted octanol–water partition coefficient (Wildman–Crippen LogP) is 4.43. The summed E-state index contributed by atoms with van der Waals surface area (Å²) in [5.74, 6) is 1.91. The van der Waals surface area contributed by atoms with E-state index < -0.39 is 0 Å². The van der Waals surface area contributed by atoms with Crippen molar-refractivity contribution in [1.29, 1.82) is 0 Å². The van der Waals surface area contributed by atoms with E-state index in [1.807, 2.05) is 42.5 Å². The molecule has 3 aromatic rings. The molecule has 0 amide bonds. The minimum atomic E-state index is 0. The first-order valence-electron chi connectivity index (χ1n) is 8.76. The second-order valence-electron chi connectivity index (χ2n) is 6.17. The summed E-state index contributed by atoms with van der Waals surface area (Å²) in [5.41, 5.74) is 3.16. The molecule has 0 bridgehead atoms. The SMILES string of the molecule is CN=C(NCc1cc(-c2ccccc2)on1)NCC(C)c1ccccc1.I. The van der Waals surface area contributed by atoms with Crippen molar-refractivity contribution < 1.29 is 4.52 Å². The molecule has 0 aliphatic rings. The van der Waals surface area contributed by atoms with Gasteiger partial charge in [-0.1, -0.05) is 72.7 Å². The molecule has 0 radical (unpaired) electrons. The van der Waals surface area contributed by atoms with E-state index >= 15 is 0 Å². The highest BCUT2D eigenvalue weighted by Crippen LogP contribution is 2.19. The minimum Gasteiger partial charge on any atom is -0.356 e. The molecule has 0 saturated heterocycles. The van der Waals surface area contributed by atoms with E-state index in [-0.39, 0.29) is 24.0 Å². The molecular formula is C21H25IN4O. The number of hydrogen-bond donors (Lipinski definition) is 2. The zero-order valence-electron chi connectivity index (χ0n) is 15.6. The molecule has 6 heteroatoms. The summed E-state index contributed by atoms with van der Waals surface area (Å²) in [6.45, 7) is 3.55. The number of rotatable bonds is 6. The monoisotopic (exact) mass is 476 g/mol. The van der Waals surface area contributed by atoms with E-state index in [0.29, 0.717) is 12.5 Å². The molecular weight excluding hydrogens is 451 g/mol. The van der Waals surface area contributed by atoms with Crippen molar-refractivity contribution in [2.24, 2.45) is 4.99 Å². The lowest BCUT2D eigenvalue weighted by Gasteiger charge is -2.15. The number of nitrogens with zero attached hydrogens (tertiary/aromatic N) is 2. The van der Waals surface area contributed by atoms with Gasteiger partial charge in [0.1, 0.15) is 5.69 Å². The standard InChI is InChI=1S/C21H24N4O.HI/c1-16(17-9-5-3-6-10-17)14-23-21(22-2)24-15-19-13-20(26-25-19)18-11-7-4-8-12-18;/h3-13,16H,14-15H2,1-2H3,(H2,22,23,24);1H. The van der Waals surface area contributed by atoms with Crippen molar-refractivity contribution in [3.8, 4) is 11.3 Å². The molecule has 3 rings (SSSR count). The van der Waals surface area contributed by atoms with Crippen molar-refractivity contribution >= 4 is 29.9 Å². The number of aliphatic imine (C=N–C) groups is 1. The first-order valence-corrected chi connectivity index (χ1v) is 8.76. The topological polar surface area (TPSA) is 62.5 Å². The summed E-state index contributed by atoms with van der Waals surface area (Å²) in [6, 6.07) is 22.3. The van der Waals surface area contributed by atoms with Crippen LogP contribution in [0.5, 0.6) is 0 Å². The van der Waals surface area contributed by atoms with Gasteiger partial charge in [-0.2, -0.15) is 0 Å². The average molecular weight is 476 g/mol. The zero-order chi connectivity index (χ0) is 18.2. The highest BCUT2D eigenvalue weighted by atomic mass is 127. The molecule has 2 aromatic carbocycles. The Balaban J connectivity index is 0.00000261. The number of hydrogen-bond acceptors (Lipinski definition) is 3. The van der Waals surface area contributed by atoms with Crippen LogP contribution < -0.4 is 10.6 Å². The Morgan fingerprint density at radius 1 is 1.04 bits per heavy atom. The Morgan fingerprint density at radius 3 is 2.37 bits per heavy atom. The van der Waals surface area contributed by atoms with Crippen LogP contribution in [0, 0.1) is 0 Å². The fourth-order valence-corrected chi connectivity index (χ4v) is 2.68. The second kappa shape index (κ2) is 10.7. The molecule has 142 valence electrons. The average Bonchev–Trinajstić information content (AvgIpc) is 3.18. The van der Waals surface area contributed by atoms with E-state index in [2.05, 4.69) is 52.0 Å². The van der Waals surface area contributed by atoms with Crippen LogP contribution >= 0.6 is 24.0 Å². The van der Waals surface area contributed by atoms with Gasteiger partial charge in [-0.15, -0.1) is 24.0 Å². The molecule has 0 aliphatic heterocycles. The first-order chi connectivity index (χ1) is 12.8. The minimum absolute atomic E-state index is 0. The number of benzene rings is 2. The lowest BCUT2D eigenvalue weighted by molar-refractivity contribution is 0.422. The Morgan fingerprint density at radius 2 is 1.70 bits per heavy atom. The first kappa shape index (κ1) is 21.0. The number of halogens is 1. The fraction of sp³-hybridized carbons (Fsp3) is 0.238. The Kier molecular flexibility index (Phi) is 8.32. The van der Waals surface area contributed by atoms with Crippen molar-refractivity contribution in [1.82, 2.24) is 15.8 Å². The van der Waals surface area contributed by atoms with Gasteiger partial charge in [0, 0.05) is 25.2 Å². The number of aromatic nitrogens is 1.